The van der Waals surface area contributed by atoms with Gasteiger partial charge in [-0.2, -0.15) is 4.31 Å². The Kier molecular flexibility index (Phi) is 8.85. The molecule has 1 aliphatic rings. The van der Waals surface area contributed by atoms with Crippen molar-refractivity contribution >= 4 is 28.3 Å². The Morgan fingerprint density at radius 1 is 1.28 bits per heavy atom. The molecule has 8 heteroatoms. The molecule has 1 fully saturated rings. The highest BCUT2D eigenvalue weighted by Crippen LogP contribution is 2.23. The molecule has 2 N–H and O–H groups in total. The summed E-state index contributed by atoms with van der Waals surface area (Å²) in [6.45, 7) is 4.31. The number of hydrogen-bond acceptors (Lipinski definition) is 4. The summed E-state index contributed by atoms with van der Waals surface area (Å²) in [6, 6.07) is 6.78. The van der Waals surface area contributed by atoms with Crippen LogP contribution in [-0.2, 0) is 21.4 Å². The third-order valence-electron chi connectivity index (χ3n) is 4.27. The van der Waals surface area contributed by atoms with Crippen LogP contribution in [0.2, 0.25) is 0 Å². The Morgan fingerprint density at radius 2 is 1.96 bits per heavy atom. The van der Waals surface area contributed by atoms with Crippen LogP contribution in [0.3, 0.4) is 0 Å². The molecule has 0 saturated carbocycles. The Hall–Kier alpha value is -1.15. The predicted octanol–water partition coefficient (Wildman–Crippen LogP) is 1.75. The van der Waals surface area contributed by atoms with E-state index in [9.17, 15) is 13.2 Å². The summed E-state index contributed by atoms with van der Waals surface area (Å²) in [5.41, 5.74) is 0.888. The molecule has 6 nitrogen and oxygen atoms in total. The highest BCUT2D eigenvalue weighted by Gasteiger charge is 2.28. The van der Waals surface area contributed by atoms with Crippen LogP contribution in [0.5, 0.6) is 0 Å². The van der Waals surface area contributed by atoms with E-state index in [1.165, 1.54) is 0 Å². The van der Waals surface area contributed by atoms with Crippen LogP contribution < -0.4 is 10.6 Å². The van der Waals surface area contributed by atoms with Crippen molar-refractivity contribution in [1.29, 1.82) is 0 Å². The maximum absolute atomic E-state index is 12.7. The molecule has 0 aliphatic carbocycles. The zero-order chi connectivity index (χ0) is 17.6. The van der Waals surface area contributed by atoms with Crippen molar-refractivity contribution in [1.82, 2.24) is 14.9 Å². The van der Waals surface area contributed by atoms with Gasteiger partial charge in [0.1, 0.15) is 0 Å². The zero-order valence-corrected chi connectivity index (χ0v) is 16.5. The largest absolute Gasteiger partial charge is 0.352 e. The fourth-order valence-electron chi connectivity index (χ4n) is 2.82. The van der Waals surface area contributed by atoms with Gasteiger partial charge in [-0.25, -0.2) is 8.42 Å². The van der Waals surface area contributed by atoms with Crippen molar-refractivity contribution in [3.63, 3.8) is 0 Å². The Balaban J connectivity index is 0.00000312. The van der Waals surface area contributed by atoms with E-state index >= 15 is 0 Å². The summed E-state index contributed by atoms with van der Waals surface area (Å²) in [5.74, 6) is 0.379. The molecule has 1 aliphatic heterocycles. The van der Waals surface area contributed by atoms with E-state index in [2.05, 4.69) is 17.6 Å². The fraction of sp³-hybridized carbons (Fsp3) is 0.588. The van der Waals surface area contributed by atoms with Crippen molar-refractivity contribution in [2.75, 3.05) is 26.7 Å². The molecule has 142 valence electrons. The van der Waals surface area contributed by atoms with Gasteiger partial charge in [0.05, 0.1) is 4.90 Å². The number of hydrogen-bond donors (Lipinski definition) is 2. The molecule has 1 heterocycles. The quantitative estimate of drug-likeness (QED) is 0.744. The summed E-state index contributed by atoms with van der Waals surface area (Å²) in [5, 5.41) is 5.75. The lowest BCUT2D eigenvalue weighted by Crippen LogP contribution is -2.39. The van der Waals surface area contributed by atoms with Gasteiger partial charge in [-0.3, -0.25) is 4.79 Å². The lowest BCUT2D eigenvalue weighted by Gasteiger charge is -2.30. The second-order valence-electron chi connectivity index (χ2n) is 6.38. The molecule has 1 unspecified atom stereocenters. The van der Waals surface area contributed by atoms with Gasteiger partial charge in [0.2, 0.25) is 15.9 Å². The molecule has 1 saturated heterocycles. The van der Waals surface area contributed by atoms with Crippen LogP contribution in [0.1, 0.15) is 31.7 Å². The average Bonchev–Trinajstić information content (AvgIpc) is 2.58. The van der Waals surface area contributed by atoms with E-state index in [0.29, 0.717) is 43.4 Å². The molecule has 0 spiro atoms. The Bertz CT molecular complexity index is 650. The number of carbonyl (C=O) groups excluding carboxylic acids is 1. The van der Waals surface area contributed by atoms with E-state index in [4.69, 9.17) is 0 Å². The molecule has 1 amide bonds. The molecule has 1 atom stereocenters. The first-order valence-electron chi connectivity index (χ1n) is 8.44. The monoisotopic (exact) mass is 389 g/mol. The maximum atomic E-state index is 12.7. The summed E-state index contributed by atoms with van der Waals surface area (Å²) in [7, 11) is -1.62. The zero-order valence-electron chi connectivity index (χ0n) is 14.8. The van der Waals surface area contributed by atoms with E-state index in [1.54, 1.807) is 35.6 Å². The molecule has 1 aromatic rings. The summed E-state index contributed by atoms with van der Waals surface area (Å²) >= 11 is 0. The average molecular weight is 390 g/mol. The number of sulfonamides is 1. The minimum atomic E-state index is -3.42. The molecule has 25 heavy (non-hydrogen) atoms. The second kappa shape index (κ2) is 10.1. The van der Waals surface area contributed by atoms with Crippen LogP contribution in [0.4, 0.5) is 0 Å². The first-order chi connectivity index (χ1) is 11.4. The van der Waals surface area contributed by atoms with Crippen molar-refractivity contribution in [2.45, 2.75) is 37.6 Å². The van der Waals surface area contributed by atoms with Crippen molar-refractivity contribution in [3.05, 3.63) is 29.8 Å². The maximum Gasteiger partial charge on any atom is 0.243 e. The number of carbonyl (C=O) groups is 1. The van der Waals surface area contributed by atoms with Crippen LogP contribution in [-0.4, -0.2) is 45.3 Å². The third-order valence-corrected chi connectivity index (χ3v) is 6.15. The first-order valence-corrected chi connectivity index (χ1v) is 9.88. The van der Waals surface area contributed by atoms with Gasteiger partial charge in [0.25, 0.3) is 0 Å². The van der Waals surface area contributed by atoms with Gasteiger partial charge in [-0.1, -0.05) is 19.1 Å². The molecule has 1 aromatic carbocycles. The van der Waals surface area contributed by atoms with Gasteiger partial charge in [0, 0.05) is 32.6 Å². The number of halogens is 1. The molecule has 2 rings (SSSR count). The smallest absolute Gasteiger partial charge is 0.243 e. The molecule has 0 radical (unpaired) electrons. The lowest BCUT2D eigenvalue weighted by molar-refractivity contribution is -0.121. The van der Waals surface area contributed by atoms with Gasteiger partial charge < -0.3 is 10.6 Å². The van der Waals surface area contributed by atoms with Crippen LogP contribution in [0.25, 0.3) is 0 Å². The summed E-state index contributed by atoms with van der Waals surface area (Å²) in [4.78, 5) is 11.9. The molecule has 0 aromatic heterocycles. The van der Waals surface area contributed by atoms with Crippen molar-refractivity contribution in [2.24, 2.45) is 5.92 Å². The minimum Gasteiger partial charge on any atom is -0.352 e. The first kappa shape index (κ1) is 21.9. The predicted molar refractivity (Wildman–Crippen MR) is 101 cm³/mol. The number of amides is 1. The van der Waals surface area contributed by atoms with E-state index < -0.39 is 10.0 Å². The standard InChI is InChI=1S/C17H27N3O3S.ClH/c1-14-4-3-11-20(13-14)24(22,23)16-7-5-15(6-8-16)12-19-17(21)9-10-18-2;/h5-8,14,18H,3-4,9-13H2,1-2H3,(H,19,21);1H. The van der Waals surface area contributed by atoms with Gasteiger partial charge in [-0.15, -0.1) is 12.4 Å². The van der Waals surface area contributed by atoms with Crippen LogP contribution in [0, 0.1) is 5.92 Å². The fourth-order valence-corrected chi connectivity index (χ4v) is 4.42. The molecular formula is C17H28ClN3O3S. The number of piperidine rings is 1. The van der Waals surface area contributed by atoms with Crippen molar-refractivity contribution in [3.8, 4) is 0 Å². The summed E-state index contributed by atoms with van der Waals surface area (Å²) < 4.78 is 26.9. The summed E-state index contributed by atoms with van der Waals surface area (Å²) in [6.07, 6.45) is 2.42. The van der Waals surface area contributed by atoms with E-state index in [1.807, 2.05) is 0 Å². The Labute approximate surface area is 156 Å². The van der Waals surface area contributed by atoms with Gasteiger partial charge >= 0.3 is 0 Å². The molecule has 0 bridgehead atoms. The Morgan fingerprint density at radius 3 is 2.56 bits per heavy atom. The number of rotatable bonds is 7. The van der Waals surface area contributed by atoms with Crippen LogP contribution >= 0.6 is 12.4 Å². The number of benzene rings is 1. The topological polar surface area (TPSA) is 78.5 Å². The van der Waals surface area contributed by atoms with E-state index in [0.717, 1.165) is 18.4 Å². The number of nitrogens with zero attached hydrogens (tertiary/aromatic N) is 1. The number of nitrogens with one attached hydrogen (secondary N) is 2. The normalized spacial score (nSPS) is 18.4. The van der Waals surface area contributed by atoms with Gasteiger partial charge in [0.15, 0.2) is 0 Å². The lowest BCUT2D eigenvalue weighted by atomic mass is 10.0. The highest BCUT2D eigenvalue weighted by molar-refractivity contribution is 7.89. The van der Waals surface area contributed by atoms with Crippen LogP contribution in [0.15, 0.2) is 29.2 Å². The second-order valence-corrected chi connectivity index (χ2v) is 8.32. The highest BCUT2D eigenvalue weighted by atomic mass is 35.5. The van der Waals surface area contributed by atoms with E-state index in [-0.39, 0.29) is 18.3 Å². The SMILES string of the molecule is CNCCC(=O)NCc1ccc(S(=O)(=O)N2CCCC(C)C2)cc1.Cl. The minimum absolute atomic E-state index is 0. The van der Waals surface area contributed by atoms with Gasteiger partial charge in [-0.05, 0) is 43.5 Å². The molecular weight excluding hydrogens is 362 g/mol. The third kappa shape index (κ3) is 6.26. The van der Waals surface area contributed by atoms with Crippen molar-refractivity contribution < 1.29 is 13.2 Å².